The minimum atomic E-state index is 0.513. The lowest BCUT2D eigenvalue weighted by Gasteiger charge is -2.00. The summed E-state index contributed by atoms with van der Waals surface area (Å²) in [7, 11) is 0. The van der Waals surface area contributed by atoms with Crippen molar-refractivity contribution in [3.8, 4) is 0 Å². The smallest absolute Gasteiger partial charge is 0.0477 e. The van der Waals surface area contributed by atoms with Crippen molar-refractivity contribution in [1.29, 1.82) is 0 Å². The van der Waals surface area contributed by atoms with Crippen LogP contribution in [0.4, 0.5) is 0 Å². The maximum Gasteiger partial charge on any atom is 0.0477 e. The van der Waals surface area contributed by atoms with Crippen molar-refractivity contribution in [2.45, 2.75) is 11.8 Å². The highest BCUT2D eigenvalue weighted by Gasteiger charge is 1.96. The van der Waals surface area contributed by atoms with E-state index in [2.05, 4.69) is 6.07 Å². The topological polar surface area (TPSA) is 0 Å². The Morgan fingerprint density at radius 1 is 1.20 bits per heavy atom. The van der Waals surface area contributed by atoms with Gasteiger partial charge in [-0.1, -0.05) is 12.1 Å². The van der Waals surface area contributed by atoms with Gasteiger partial charge in [-0.25, -0.2) is 0 Å². The molecular formula is C8H7Cl2. The normalized spacial score (nSPS) is 9.80. The summed E-state index contributed by atoms with van der Waals surface area (Å²) < 4.78 is 0. The zero-order chi connectivity index (χ0) is 7.40. The SMILES string of the molecule is ClCc1c[c]ccc1CCl. The minimum absolute atomic E-state index is 0.513. The van der Waals surface area contributed by atoms with Crippen LogP contribution in [0.5, 0.6) is 0 Å². The summed E-state index contributed by atoms with van der Waals surface area (Å²) in [6.07, 6.45) is 0. The third-order valence-corrected chi connectivity index (χ3v) is 1.91. The lowest BCUT2D eigenvalue weighted by atomic mass is 10.1. The largest absolute Gasteiger partial charge is 0.122 e. The van der Waals surface area contributed by atoms with Crippen LogP contribution in [0.2, 0.25) is 0 Å². The van der Waals surface area contributed by atoms with Gasteiger partial charge in [-0.2, -0.15) is 0 Å². The first kappa shape index (κ1) is 7.90. The summed E-state index contributed by atoms with van der Waals surface area (Å²) in [5.74, 6) is 1.04. The van der Waals surface area contributed by atoms with E-state index in [1.807, 2.05) is 18.2 Å². The van der Waals surface area contributed by atoms with E-state index in [0.29, 0.717) is 11.8 Å². The molecule has 0 fully saturated rings. The Labute approximate surface area is 70.8 Å². The molecule has 0 N–H and O–H groups in total. The maximum atomic E-state index is 5.64. The molecule has 1 radical (unpaired) electrons. The predicted octanol–water partition coefficient (Wildman–Crippen LogP) is 2.96. The Hall–Kier alpha value is -0.200. The van der Waals surface area contributed by atoms with Gasteiger partial charge in [-0.3, -0.25) is 0 Å². The quantitative estimate of drug-likeness (QED) is 0.604. The molecule has 1 aromatic carbocycles. The number of halogens is 2. The lowest BCUT2D eigenvalue weighted by Crippen LogP contribution is -1.85. The first-order chi connectivity index (χ1) is 4.88. The van der Waals surface area contributed by atoms with Gasteiger partial charge < -0.3 is 0 Å². The molecule has 0 spiro atoms. The molecule has 0 aliphatic carbocycles. The Bertz CT molecular complexity index is 185. The molecule has 1 rings (SSSR count). The van der Waals surface area contributed by atoms with Crippen LogP contribution < -0.4 is 0 Å². The van der Waals surface area contributed by atoms with E-state index in [0.717, 1.165) is 11.1 Å². The minimum Gasteiger partial charge on any atom is -0.122 e. The zero-order valence-electron chi connectivity index (χ0n) is 5.40. The number of alkyl halides is 2. The van der Waals surface area contributed by atoms with Crippen LogP contribution in [-0.4, -0.2) is 0 Å². The van der Waals surface area contributed by atoms with E-state index >= 15 is 0 Å². The molecule has 1 aromatic rings. The van der Waals surface area contributed by atoms with Crippen molar-refractivity contribution < 1.29 is 0 Å². The molecule has 0 heterocycles. The van der Waals surface area contributed by atoms with Crippen LogP contribution >= 0.6 is 23.2 Å². The molecule has 0 atom stereocenters. The first-order valence-electron chi connectivity index (χ1n) is 2.98. The molecule has 0 saturated carbocycles. The van der Waals surface area contributed by atoms with Crippen molar-refractivity contribution in [1.82, 2.24) is 0 Å². The maximum absolute atomic E-state index is 5.64. The Kier molecular flexibility index (Phi) is 3.04. The summed E-state index contributed by atoms with van der Waals surface area (Å²) in [5.41, 5.74) is 2.16. The molecule has 0 bridgehead atoms. The van der Waals surface area contributed by atoms with Gasteiger partial charge in [-0.15, -0.1) is 23.2 Å². The van der Waals surface area contributed by atoms with E-state index in [4.69, 9.17) is 23.2 Å². The standard InChI is InChI=1S/C8H7Cl2/c9-5-7-3-1-2-4-8(7)6-10/h1,3-4H,5-6H2. The van der Waals surface area contributed by atoms with E-state index in [1.54, 1.807) is 0 Å². The molecule has 0 unspecified atom stereocenters. The van der Waals surface area contributed by atoms with Crippen LogP contribution in [0.1, 0.15) is 11.1 Å². The van der Waals surface area contributed by atoms with Crippen LogP contribution in [0, 0.1) is 6.07 Å². The molecule has 0 aliphatic rings. The molecule has 10 heavy (non-hydrogen) atoms. The monoisotopic (exact) mass is 173 g/mol. The van der Waals surface area contributed by atoms with Crippen molar-refractivity contribution in [3.05, 3.63) is 35.4 Å². The zero-order valence-corrected chi connectivity index (χ0v) is 6.91. The van der Waals surface area contributed by atoms with Crippen LogP contribution in [0.3, 0.4) is 0 Å². The average molecular weight is 174 g/mol. The van der Waals surface area contributed by atoms with Crippen LogP contribution in [0.15, 0.2) is 18.2 Å². The highest BCUT2D eigenvalue weighted by Crippen LogP contribution is 2.12. The highest BCUT2D eigenvalue weighted by atomic mass is 35.5. The fraction of sp³-hybridized carbons (Fsp3) is 0.250. The molecule has 53 valence electrons. The Morgan fingerprint density at radius 3 is 2.40 bits per heavy atom. The second kappa shape index (κ2) is 3.85. The summed E-state index contributed by atoms with van der Waals surface area (Å²) in [5, 5.41) is 0. The number of benzene rings is 1. The van der Waals surface area contributed by atoms with Gasteiger partial charge in [-0.05, 0) is 23.3 Å². The van der Waals surface area contributed by atoms with E-state index in [1.165, 1.54) is 0 Å². The van der Waals surface area contributed by atoms with Crippen molar-refractivity contribution in [3.63, 3.8) is 0 Å². The molecule has 0 saturated heterocycles. The molecule has 0 aliphatic heterocycles. The fourth-order valence-electron chi connectivity index (χ4n) is 0.752. The summed E-state index contributed by atoms with van der Waals surface area (Å²) >= 11 is 11.3. The molecular weight excluding hydrogens is 167 g/mol. The number of rotatable bonds is 2. The third kappa shape index (κ3) is 1.65. The second-order valence-corrected chi connectivity index (χ2v) is 2.50. The number of hydrogen-bond donors (Lipinski definition) is 0. The van der Waals surface area contributed by atoms with Crippen molar-refractivity contribution >= 4 is 23.2 Å². The Morgan fingerprint density at radius 2 is 1.90 bits per heavy atom. The molecule has 0 nitrogen and oxygen atoms in total. The van der Waals surface area contributed by atoms with Gasteiger partial charge in [0.15, 0.2) is 0 Å². The predicted molar refractivity (Wildman–Crippen MR) is 44.4 cm³/mol. The first-order valence-corrected chi connectivity index (χ1v) is 4.05. The summed E-state index contributed by atoms with van der Waals surface area (Å²) in [6, 6.07) is 8.59. The fourth-order valence-corrected chi connectivity index (χ4v) is 1.26. The van der Waals surface area contributed by atoms with Gasteiger partial charge in [0.05, 0.1) is 0 Å². The number of hydrogen-bond acceptors (Lipinski definition) is 0. The summed E-state index contributed by atoms with van der Waals surface area (Å²) in [6.45, 7) is 0. The van der Waals surface area contributed by atoms with Crippen LogP contribution in [-0.2, 0) is 11.8 Å². The third-order valence-electron chi connectivity index (χ3n) is 1.34. The van der Waals surface area contributed by atoms with E-state index in [-0.39, 0.29) is 0 Å². The van der Waals surface area contributed by atoms with E-state index in [9.17, 15) is 0 Å². The second-order valence-electron chi connectivity index (χ2n) is 1.96. The van der Waals surface area contributed by atoms with Gasteiger partial charge >= 0.3 is 0 Å². The van der Waals surface area contributed by atoms with Gasteiger partial charge in [0.2, 0.25) is 0 Å². The summed E-state index contributed by atoms with van der Waals surface area (Å²) in [4.78, 5) is 0. The highest BCUT2D eigenvalue weighted by molar-refractivity contribution is 6.18. The van der Waals surface area contributed by atoms with Crippen LogP contribution in [0.25, 0.3) is 0 Å². The average Bonchev–Trinajstić information content (AvgIpc) is 2.04. The Balaban J connectivity index is 2.96. The van der Waals surface area contributed by atoms with Crippen molar-refractivity contribution in [2.24, 2.45) is 0 Å². The lowest BCUT2D eigenvalue weighted by molar-refractivity contribution is 1.27. The van der Waals surface area contributed by atoms with Gasteiger partial charge in [0, 0.05) is 11.8 Å². The van der Waals surface area contributed by atoms with Crippen molar-refractivity contribution in [2.75, 3.05) is 0 Å². The van der Waals surface area contributed by atoms with Gasteiger partial charge in [0.1, 0.15) is 0 Å². The molecule has 2 heteroatoms. The molecule has 0 aromatic heterocycles. The van der Waals surface area contributed by atoms with Gasteiger partial charge in [0.25, 0.3) is 0 Å². The van der Waals surface area contributed by atoms with E-state index < -0.39 is 0 Å². The molecule has 0 amide bonds.